The third-order valence-corrected chi connectivity index (χ3v) is 2.32. The van der Waals surface area contributed by atoms with E-state index in [0.29, 0.717) is 5.06 Å². The molecule has 0 bridgehead atoms. The van der Waals surface area contributed by atoms with E-state index in [1.54, 1.807) is 20.8 Å². The molecule has 0 fully saturated rings. The number of amides is 2. The second kappa shape index (κ2) is 8.99. The summed E-state index contributed by atoms with van der Waals surface area (Å²) < 4.78 is 0. The molecule has 0 aliphatic carbocycles. The van der Waals surface area contributed by atoms with Crippen molar-refractivity contribution >= 4 is 17.8 Å². The van der Waals surface area contributed by atoms with Crippen LogP contribution >= 0.6 is 0 Å². The van der Waals surface area contributed by atoms with Gasteiger partial charge in [-0.15, -0.1) is 0 Å². The van der Waals surface area contributed by atoms with Gasteiger partial charge in [-0.25, -0.2) is 9.68 Å². The minimum absolute atomic E-state index is 0.0715. The van der Waals surface area contributed by atoms with Crippen LogP contribution in [0.3, 0.4) is 0 Å². The molecular weight excluding hydrogens is 304 g/mol. The first-order chi connectivity index (χ1) is 10.6. The largest absolute Gasteiger partial charge is 0.346 e. The molecule has 2 amide bonds. The van der Waals surface area contributed by atoms with E-state index < -0.39 is 23.4 Å². The van der Waals surface area contributed by atoms with Gasteiger partial charge in [-0.2, -0.15) is 0 Å². The Balaban J connectivity index is 0.000000688. The molecule has 0 atom stereocenters. The van der Waals surface area contributed by atoms with E-state index in [2.05, 4.69) is 28.2 Å². The van der Waals surface area contributed by atoms with Crippen LogP contribution < -0.4 is 5.32 Å². The van der Waals surface area contributed by atoms with Gasteiger partial charge < -0.3 is 10.2 Å². The molecule has 0 saturated carbocycles. The van der Waals surface area contributed by atoms with E-state index in [0.717, 1.165) is 0 Å². The van der Waals surface area contributed by atoms with Crippen molar-refractivity contribution in [1.82, 2.24) is 10.4 Å². The summed E-state index contributed by atoms with van der Waals surface area (Å²) in [5.41, 5.74) is -0.260. The Labute approximate surface area is 134 Å². The Morgan fingerprint density at radius 3 is 1.87 bits per heavy atom. The minimum atomic E-state index is -0.733. The maximum absolute atomic E-state index is 11.7. The third-order valence-electron chi connectivity index (χ3n) is 2.32. The van der Waals surface area contributed by atoms with Crippen molar-refractivity contribution in [3.63, 3.8) is 0 Å². The number of carbonyl (C=O) groups excluding carboxylic acids is 3. The highest BCUT2D eigenvalue weighted by Gasteiger charge is 2.38. The second-order valence-corrected chi connectivity index (χ2v) is 5.34. The molecule has 0 radical (unpaired) electrons. The molecule has 8 nitrogen and oxygen atoms in total. The zero-order valence-electron chi connectivity index (χ0n) is 13.7. The van der Waals surface area contributed by atoms with Crippen LogP contribution in [0.4, 0.5) is 0 Å². The summed E-state index contributed by atoms with van der Waals surface area (Å²) in [4.78, 5) is 43.1. The maximum atomic E-state index is 11.7. The average molecular weight is 326 g/mol. The van der Waals surface area contributed by atoms with Crippen LogP contribution in [0.15, 0.2) is 36.5 Å². The SMILES string of the molecule is C=CC1=C(C=C)C(=O)N(OC(=O)CNC)C1=O.CC(C)(C)OO. The van der Waals surface area contributed by atoms with Crippen LogP contribution in [0.1, 0.15) is 20.8 Å². The fourth-order valence-electron chi connectivity index (χ4n) is 1.30. The van der Waals surface area contributed by atoms with Gasteiger partial charge in [0, 0.05) is 0 Å². The number of nitrogens with zero attached hydrogens (tertiary/aromatic N) is 1. The van der Waals surface area contributed by atoms with Gasteiger partial charge in [0.1, 0.15) is 0 Å². The Kier molecular flexibility index (Phi) is 8.09. The van der Waals surface area contributed by atoms with Gasteiger partial charge in [0.15, 0.2) is 0 Å². The first kappa shape index (κ1) is 20.7. The van der Waals surface area contributed by atoms with E-state index in [1.807, 2.05) is 0 Å². The lowest BCUT2D eigenvalue weighted by molar-refractivity contribution is -0.306. The summed E-state index contributed by atoms with van der Waals surface area (Å²) in [6.45, 7) is 12.0. The molecule has 2 N–H and O–H groups in total. The Morgan fingerprint density at radius 2 is 1.61 bits per heavy atom. The molecule has 1 aliphatic rings. The molecule has 128 valence electrons. The summed E-state index contributed by atoms with van der Waals surface area (Å²) in [6, 6.07) is 0. The van der Waals surface area contributed by atoms with Gasteiger partial charge in [-0.1, -0.05) is 30.4 Å². The van der Waals surface area contributed by atoms with E-state index >= 15 is 0 Å². The average Bonchev–Trinajstić information content (AvgIpc) is 2.70. The standard InChI is InChI=1S/C11H12N2O4.C4H10O2/c1-4-7-8(5-2)11(16)13(10(7)15)17-9(14)6-12-3;1-4(2,3)6-5/h4-5,12H,1-2,6H2,3H3;5H,1-3H3. The molecule has 0 saturated heterocycles. The molecule has 8 heteroatoms. The van der Waals surface area contributed by atoms with Gasteiger partial charge in [-0.05, 0) is 27.8 Å². The van der Waals surface area contributed by atoms with Crippen LogP contribution in [-0.2, 0) is 24.1 Å². The van der Waals surface area contributed by atoms with Crippen molar-refractivity contribution in [1.29, 1.82) is 0 Å². The van der Waals surface area contributed by atoms with E-state index in [4.69, 9.17) is 5.26 Å². The highest BCUT2D eigenvalue weighted by atomic mass is 17.1. The topological polar surface area (TPSA) is 105 Å². The molecule has 0 unspecified atom stereocenters. The van der Waals surface area contributed by atoms with Crippen molar-refractivity contribution in [3.05, 3.63) is 36.5 Å². The van der Waals surface area contributed by atoms with Crippen LogP contribution in [0, 0.1) is 0 Å². The van der Waals surface area contributed by atoms with Gasteiger partial charge in [-0.3, -0.25) is 14.8 Å². The number of hydrogen-bond acceptors (Lipinski definition) is 7. The Hall–Kier alpha value is -2.29. The lowest BCUT2D eigenvalue weighted by Gasteiger charge is -2.13. The molecule has 1 heterocycles. The highest BCUT2D eigenvalue weighted by molar-refractivity contribution is 6.21. The van der Waals surface area contributed by atoms with E-state index in [9.17, 15) is 14.4 Å². The predicted octanol–water partition coefficient (Wildman–Crippen LogP) is 0.976. The molecule has 0 spiro atoms. The van der Waals surface area contributed by atoms with Crippen molar-refractivity contribution in [2.75, 3.05) is 13.6 Å². The van der Waals surface area contributed by atoms with Crippen molar-refractivity contribution in [2.45, 2.75) is 26.4 Å². The molecule has 23 heavy (non-hydrogen) atoms. The first-order valence-electron chi connectivity index (χ1n) is 6.68. The number of likely N-dealkylation sites (N-methyl/N-ethyl adjacent to an activating group) is 1. The Morgan fingerprint density at radius 1 is 1.22 bits per heavy atom. The van der Waals surface area contributed by atoms with E-state index in [-0.39, 0.29) is 17.7 Å². The number of imide groups is 1. The van der Waals surface area contributed by atoms with Crippen LogP contribution in [0.2, 0.25) is 0 Å². The fourth-order valence-corrected chi connectivity index (χ4v) is 1.30. The molecule has 0 aromatic carbocycles. The third kappa shape index (κ3) is 6.15. The van der Waals surface area contributed by atoms with Gasteiger partial charge in [0.05, 0.1) is 23.3 Å². The zero-order valence-corrected chi connectivity index (χ0v) is 13.7. The van der Waals surface area contributed by atoms with Crippen molar-refractivity contribution < 1.29 is 29.4 Å². The summed E-state index contributed by atoms with van der Waals surface area (Å²) in [7, 11) is 1.54. The second-order valence-electron chi connectivity index (χ2n) is 5.34. The van der Waals surface area contributed by atoms with Gasteiger partial charge >= 0.3 is 5.97 Å². The minimum Gasteiger partial charge on any atom is -0.328 e. The molecule has 1 rings (SSSR count). The van der Waals surface area contributed by atoms with Gasteiger partial charge in [0.25, 0.3) is 11.8 Å². The summed E-state index contributed by atoms with van der Waals surface area (Å²) in [5, 5.41) is 10.9. The number of hydroxylamine groups is 2. The molecule has 0 aromatic rings. The van der Waals surface area contributed by atoms with Crippen molar-refractivity contribution in [3.8, 4) is 0 Å². The monoisotopic (exact) mass is 326 g/mol. The zero-order chi connectivity index (χ0) is 18.2. The lowest BCUT2D eigenvalue weighted by Crippen LogP contribution is -2.36. The smallest absolute Gasteiger partial charge is 0.328 e. The summed E-state index contributed by atoms with van der Waals surface area (Å²) in [6.07, 6.45) is 2.45. The molecular formula is C15H22N2O6. The maximum Gasteiger partial charge on any atom is 0.346 e. The number of nitrogens with one attached hydrogen (secondary N) is 1. The lowest BCUT2D eigenvalue weighted by atomic mass is 10.1. The molecule has 1 aliphatic heterocycles. The van der Waals surface area contributed by atoms with Crippen molar-refractivity contribution in [2.24, 2.45) is 0 Å². The van der Waals surface area contributed by atoms with E-state index in [1.165, 1.54) is 19.2 Å². The quantitative estimate of drug-likeness (QED) is 0.441. The number of hydrogen-bond donors (Lipinski definition) is 2. The Bertz CT molecular complexity index is 501. The fraction of sp³-hybridized carbons (Fsp3) is 0.400. The van der Waals surface area contributed by atoms with Crippen LogP contribution in [0.25, 0.3) is 0 Å². The van der Waals surface area contributed by atoms with Crippen LogP contribution in [-0.4, -0.2) is 47.3 Å². The number of rotatable bonds is 5. The first-order valence-corrected chi connectivity index (χ1v) is 6.68. The molecule has 0 aromatic heterocycles. The predicted molar refractivity (Wildman–Crippen MR) is 82.8 cm³/mol. The normalized spacial score (nSPS) is 14.4. The summed E-state index contributed by atoms with van der Waals surface area (Å²) in [5.74, 6) is -2.17. The van der Waals surface area contributed by atoms with Crippen LogP contribution in [0.5, 0.6) is 0 Å². The highest BCUT2D eigenvalue weighted by Crippen LogP contribution is 2.22. The number of carbonyl (C=O) groups is 3. The summed E-state index contributed by atoms with van der Waals surface area (Å²) >= 11 is 0. The van der Waals surface area contributed by atoms with Gasteiger partial charge in [0.2, 0.25) is 0 Å².